The van der Waals surface area contributed by atoms with E-state index in [9.17, 15) is 4.79 Å². The summed E-state index contributed by atoms with van der Waals surface area (Å²) in [6.07, 6.45) is 2.24. The van der Waals surface area contributed by atoms with Crippen molar-refractivity contribution in [2.45, 2.75) is 32.3 Å². The third-order valence-electron chi connectivity index (χ3n) is 3.83. The number of morpholine rings is 1. The zero-order valence-electron chi connectivity index (χ0n) is 12.9. The molecule has 0 bridgehead atoms. The Hall–Kier alpha value is -1.09. The number of rotatable bonds is 6. The van der Waals surface area contributed by atoms with Crippen LogP contribution in [0.3, 0.4) is 0 Å². The molecule has 0 amide bonds. The Kier molecular flexibility index (Phi) is 7.01. The molecule has 1 N–H and O–H groups in total. The molecule has 5 nitrogen and oxygen atoms in total. The van der Waals surface area contributed by atoms with Gasteiger partial charge in [-0.3, -0.25) is 4.79 Å². The molecule has 2 aliphatic heterocycles. The maximum atomic E-state index is 11.7. The Morgan fingerprint density at radius 1 is 1.33 bits per heavy atom. The van der Waals surface area contributed by atoms with Gasteiger partial charge in [0.2, 0.25) is 0 Å². The van der Waals surface area contributed by atoms with E-state index in [-0.39, 0.29) is 18.0 Å². The molecule has 2 atom stereocenters. The van der Waals surface area contributed by atoms with Crippen molar-refractivity contribution in [1.29, 1.82) is 0 Å². The molecular weight excluding hydrogens is 270 g/mol. The standard InChI is InChI=1S/C16H25NO4/c1-2-9-20-13-15-12-14(16(18)21-15)5-3-4-6-17-7-10-19-11-8-17/h14-15H,2,5-13H2,1H3/p+1/t14-,15+/m0/s1. The van der Waals surface area contributed by atoms with E-state index in [0.717, 1.165) is 52.3 Å². The summed E-state index contributed by atoms with van der Waals surface area (Å²) in [4.78, 5) is 13.2. The Morgan fingerprint density at radius 3 is 2.90 bits per heavy atom. The number of carbonyl (C=O) groups is 1. The zero-order chi connectivity index (χ0) is 14.9. The van der Waals surface area contributed by atoms with Crippen LogP contribution in [0.1, 0.15) is 26.2 Å². The van der Waals surface area contributed by atoms with Crippen LogP contribution in [0.5, 0.6) is 0 Å². The van der Waals surface area contributed by atoms with Crippen LogP contribution in [0.25, 0.3) is 0 Å². The zero-order valence-corrected chi connectivity index (χ0v) is 12.9. The summed E-state index contributed by atoms with van der Waals surface area (Å²) in [5, 5.41) is 0. The smallest absolute Gasteiger partial charge is 0.310 e. The van der Waals surface area contributed by atoms with Gasteiger partial charge < -0.3 is 19.1 Å². The lowest BCUT2D eigenvalue weighted by Gasteiger charge is -2.21. The van der Waals surface area contributed by atoms with Crippen LogP contribution < -0.4 is 4.90 Å². The minimum atomic E-state index is -0.117. The van der Waals surface area contributed by atoms with Crippen LogP contribution in [-0.2, 0) is 19.0 Å². The topological polar surface area (TPSA) is 49.2 Å². The SMILES string of the molecule is CCCOC[C@H]1C[C@H](CC#CC[NH+]2CCOCC2)C(=O)O1. The molecule has 0 aromatic rings. The number of ether oxygens (including phenoxy) is 3. The van der Waals surface area contributed by atoms with Gasteiger partial charge in [0.15, 0.2) is 0 Å². The quantitative estimate of drug-likeness (QED) is 0.414. The van der Waals surface area contributed by atoms with Crippen molar-refractivity contribution in [1.82, 2.24) is 0 Å². The first-order chi connectivity index (χ1) is 10.3. The molecule has 2 fully saturated rings. The van der Waals surface area contributed by atoms with Gasteiger partial charge in [-0.2, -0.15) is 0 Å². The number of cyclic esters (lactones) is 1. The molecule has 21 heavy (non-hydrogen) atoms. The molecule has 118 valence electrons. The molecule has 2 heterocycles. The lowest BCUT2D eigenvalue weighted by Crippen LogP contribution is -3.14. The van der Waals surface area contributed by atoms with Crippen LogP contribution in [0, 0.1) is 17.8 Å². The van der Waals surface area contributed by atoms with Crippen LogP contribution in [0.2, 0.25) is 0 Å². The number of hydrogen-bond acceptors (Lipinski definition) is 4. The monoisotopic (exact) mass is 296 g/mol. The molecule has 0 spiro atoms. The second kappa shape index (κ2) is 9.04. The second-order valence-corrected chi connectivity index (χ2v) is 5.66. The minimum Gasteiger partial charge on any atom is -0.460 e. The predicted molar refractivity (Wildman–Crippen MR) is 77.9 cm³/mol. The number of carbonyl (C=O) groups excluding carboxylic acids is 1. The molecule has 0 unspecified atom stereocenters. The van der Waals surface area contributed by atoms with Gasteiger partial charge in [-0.1, -0.05) is 12.8 Å². The fourth-order valence-electron chi connectivity index (χ4n) is 2.57. The number of nitrogens with one attached hydrogen (secondary N) is 1. The molecule has 5 heteroatoms. The van der Waals surface area contributed by atoms with Crippen molar-refractivity contribution < 1.29 is 23.9 Å². The highest BCUT2D eigenvalue weighted by Gasteiger charge is 2.33. The van der Waals surface area contributed by atoms with Crippen LogP contribution in [0.4, 0.5) is 0 Å². The van der Waals surface area contributed by atoms with Crippen molar-refractivity contribution in [3.8, 4) is 11.8 Å². The minimum absolute atomic E-state index is 0.0765. The summed E-state index contributed by atoms with van der Waals surface area (Å²) < 4.78 is 16.1. The maximum absolute atomic E-state index is 11.7. The van der Waals surface area contributed by atoms with E-state index in [1.54, 1.807) is 0 Å². The molecule has 2 saturated heterocycles. The molecule has 0 radical (unpaired) electrons. The average Bonchev–Trinajstić information content (AvgIpc) is 2.85. The average molecular weight is 296 g/mol. The first-order valence-electron chi connectivity index (χ1n) is 7.95. The lowest BCUT2D eigenvalue weighted by atomic mass is 10.0. The fraction of sp³-hybridized carbons (Fsp3) is 0.812. The van der Waals surface area contributed by atoms with Gasteiger partial charge in [-0.05, 0) is 12.3 Å². The van der Waals surface area contributed by atoms with Crippen molar-refractivity contribution >= 4 is 5.97 Å². The van der Waals surface area contributed by atoms with Gasteiger partial charge in [-0.25, -0.2) is 0 Å². The number of esters is 1. The lowest BCUT2D eigenvalue weighted by molar-refractivity contribution is -0.900. The van der Waals surface area contributed by atoms with E-state index in [1.807, 2.05) is 0 Å². The number of quaternary nitrogens is 1. The van der Waals surface area contributed by atoms with E-state index in [0.29, 0.717) is 13.0 Å². The highest BCUT2D eigenvalue weighted by molar-refractivity contribution is 5.75. The molecule has 2 rings (SSSR count). The summed E-state index contributed by atoms with van der Waals surface area (Å²) in [6.45, 7) is 7.84. The first kappa shape index (κ1) is 16.3. The molecule has 0 saturated carbocycles. The normalized spacial score (nSPS) is 26.2. The first-order valence-corrected chi connectivity index (χ1v) is 7.95. The third-order valence-corrected chi connectivity index (χ3v) is 3.83. The highest BCUT2D eigenvalue weighted by Crippen LogP contribution is 2.23. The summed E-state index contributed by atoms with van der Waals surface area (Å²) in [5.74, 6) is 6.13. The van der Waals surface area contributed by atoms with E-state index in [4.69, 9.17) is 14.2 Å². The van der Waals surface area contributed by atoms with E-state index in [2.05, 4.69) is 18.8 Å². The second-order valence-electron chi connectivity index (χ2n) is 5.66. The van der Waals surface area contributed by atoms with Crippen LogP contribution in [-0.4, -0.2) is 58.1 Å². The molecule has 0 aromatic heterocycles. The summed E-state index contributed by atoms with van der Waals surface area (Å²) in [5.41, 5.74) is 0. The van der Waals surface area contributed by atoms with E-state index < -0.39 is 0 Å². The predicted octanol–water partition coefficient (Wildman–Crippen LogP) is -0.347. The van der Waals surface area contributed by atoms with Gasteiger partial charge in [0.1, 0.15) is 25.7 Å². The third kappa shape index (κ3) is 5.66. The Balaban J connectivity index is 1.65. The Bertz CT molecular complexity index is 381. The highest BCUT2D eigenvalue weighted by atomic mass is 16.6. The van der Waals surface area contributed by atoms with E-state index >= 15 is 0 Å². The van der Waals surface area contributed by atoms with Gasteiger partial charge in [0.05, 0.1) is 25.7 Å². The maximum Gasteiger partial charge on any atom is 0.310 e. The summed E-state index contributed by atoms with van der Waals surface area (Å²) >= 11 is 0. The van der Waals surface area contributed by atoms with E-state index in [1.165, 1.54) is 4.90 Å². The number of hydrogen-bond donors (Lipinski definition) is 1. The molecule has 0 aromatic carbocycles. The molecule has 0 aliphatic carbocycles. The van der Waals surface area contributed by atoms with Gasteiger partial charge in [0.25, 0.3) is 0 Å². The van der Waals surface area contributed by atoms with Crippen LogP contribution in [0.15, 0.2) is 0 Å². The molecular formula is C16H26NO4+. The Morgan fingerprint density at radius 2 is 2.14 bits per heavy atom. The van der Waals surface area contributed by atoms with Gasteiger partial charge in [0, 0.05) is 19.4 Å². The van der Waals surface area contributed by atoms with Gasteiger partial charge >= 0.3 is 5.97 Å². The van der Waals surface area contributed by atoms with Crippen molar-refractivity contribution in [3.05, 3.63) is 0 Å². The fourth-order valence-corrected chi connectivity index (χ4v) is 2.57. The van der Waals surface area contributed by atoms with Crippen molar-refractivity contribution in [2.75, 3.05) is 46.1 Å². The largest absolute Gasteiger partial charge is 0.460 e. The Labute approximate surface area is 126 Å². The van der Waals surface area contributed by atoms with Crippen molar-refractivity contribution in [3.63, 3.8) is 0 Å². The van der Waals surface area contributed by atoms with Gasteiger partial charge in [-0.15, -0.1) is 0 Å². The summed E-state index contributed by atoms with van der Waals surface area (Å²) in [7, 11) is 0. The van der Waals surface area contributed by atoms with Crippen molar-refractivity contribution in [2.24, 2.45) is 5.92 Å². The molecule has 2 aliphatic rings. The van der Waals surface area contributed by atoms with Crippen LogP contribution >= 0.6 is 0 Å². The summed E-state index contributed by atoms with van der Waals surface area (Å²) in [6, 6.07) is 0.